The highest BCUT2D eigenvalue weighted by Gasteiger charge is 2.13. The van der Waals surface area contributed by atoms with Crippen LogP contribution in [0.15, 0.2) is 16.0 Å². The van der Waals surface area contributed by atoms with Crippen molar-refractivity contribution in [3.8, 4) is 10.7 Å². The number of aromatic nitrogens is 2. The normalized spacial score (nSPS) is 11.3. The zero-order valence-corrected chi connectivity index (χ0v) is 11.3. The van der Waals surface area contributed by atoms with Crippen LogP contribution in [0.3, 0.4) is 0 Å². The van der Waals surface area contributed by atoms with E-state index in [1.165, 1.54) is 5.56 Å². The van der Waals surface area contributed by atoms with Crippen LogP contribution in [0.25, 0.3) is 10.7 Å². The highest BCUT2D eigenvalue weighted by molar-refractivity contribution is 7.13. The first-order chi connectivity index (χ1) is 8.24. The number of aryl methyl sites for hydroxylation is 1. The summed E-state index contributed by atoms with van der Waals surface area (Å²) >= 11 is 1.65. The number of thiophene rings is 1. The molecular formula is C12H17N3OS. The first kappa shape index (κ1) is 12.3. The van der Waals surface area contributed by atoms with Crippen LogP contribution in [0, 0.1) is 6.92 Å². The first-order valence-electron chi connectivity index (χ1n) is 5.84. The van der Waals surface area contributed by atoms with E-state index in [-0.39, 0.29) is 0 Å². The summed E-state index contributed by atoms with van der Waals surface area (Å²) in [5.41, 5.74) is 1.20. The van der Waals surface area contributed by atoms with E-state index >= 15 is 0 Å². The second kappa shape index (κ2) is 5.42. The molecule has 17 heavy (non-hydrogen) atoms. The molecule has 5 heteroatoms. The third-order valence-corrected chi connectivity index (χ3v) is 3.80. The fourth-order valence-corrected chi connectivity index (χ4v) is 2.50. The maximum Gasteiger partial charge on any atom is 0.241 e. The number of rotatable bonds is 5. The van der Waals surface area contributed by atoms with Crippen LogP contribution in [0.1, 0.15) is 25.3 Å². The molecule has 2 heterocycles. The quantitative estimate of drug-likeness (QED) is 0.819. The van der Waals surface area contributed by atoms with E-state index in [1.807, 2.05) is 5.38 Å². The Labute approximate surface area is 105 Å². The van der Waals surface area contributed by atoms with E-state index in [0.29, 0.717) is 11.7 Å². The highest BCUT2D eigenvalue weighted by Crippen LogP contribution is 2.26. The largest absolute Gasteiger partial charge is 0.338 e. The Morgan fingerprint density at radius 1 is 1.35 bits per heavy atom. The molecule has 2 aromatic heterocycles. The molecule has 0 saturated carbocycles. The summed E-state index contributed by atoms with van der Waals surface area (Å²) in [6.07, 6.45) is 0. The van der Waals surface area contributed by atoms with E-state index < -0.39 is 0 Å². The Hall–Kier alpha value is -1.20. The van der Waals surface area contributed by atoms with Crippen LogP contribution < -0.4 is 0 Å². The van der Waals surface area contributed by atoms with Crippen LogP contribution in [-0.2, 0) is 6.54 Å². The molecule has 0 amide bonds. The van der Waals surface area contributed by atoms with Crippen molar-refractivity contribution in [2.45, 2.75) is 27.3 Å². The molecule has 0 aliphatic carbocycles. The highest BCUT2D eigenvalue weighted by atomic mass is 32.1. The lowest BCUT2D eigenvalue weighted by Crippen LogP contribution is -2.22. The van der Waals surface area contributed by atoms with Gasteiger partial charge in [0, 0.05) is 0 Å². The molecule has 0 bridgehead atoms. The van der Waals surface area contributed by atoms with Crippen LogP contribution >= 0.6 is 11.3 Å². The summed E-state index contributed by atoms with van der Waals surface area (Å²) in [6, 6.07) is 2.07. The molecule has 0 N–H and O–H groups in total. The molecule has 0 unspecified atom stereocenters. The Morgan fingerprint density at radius 3 is 2.71 bits per heavy atom. The SMILES string of the molecule is CCN(CC)Cc1nc(-c2sccc2C)no1. The molecule has 2 rings (SSSR count). The molecule has 0 saturated heterocycles. The third-order valence-electron chi connectivity index (χ3n) is 2.79. The predicted molar refractivity (Wildman–Crippen MR) is 69.0 cm³/mol. The molecular weight excluding hydrogens is 234 g/mol. The maximum absolute atomic E-state index is 5.28. The van der Waals surface area contributed by atoms with Gasteiger partial charge in [-0.2, -0.15) is 4.98 Å². The van der Waals surface area contributed by atoms with Gasteiger partial charge < -0.3 is 4.52 Å². The van der Waals surface area contributed by atoms with Gasteiger partial charge in [0.15, 0.2) is 0 Å². The van der Waals surface area contributed by atoms with Gasteiger partial charge in [0.25, 0.3) is 0 Å². The van der Waals surface area contributed by atoms with Gasteiger partial charge in [-0.3, -0.25) is 4.90 Å². The van der Waals surface area contributed by atoms with Crippen molar-refractivity contribution in [2.75, 3.05) is 13.1 Å². The molecule has 0 aliphatic rings. The summed E-state index contributed by atoms with van der Waals surface area (Å²) in [5.74, 6) is 1.40. The molecule has 0 fully saturated rings. The van der Waals surface area contributed by atoms with Crippen molar-refractivity contribution in [2.24, 2.45) is 0 Å². The van der Waals surface area contributed by atoms with Gasteiger partial charge in [-0.15, -0.1) is 11.3 Å². The lowest BCUT2D eigenvalue weighted by molar-refractivity contribution is 0.246. The maximum atomic E-state index is 5.28. The summed E-state index contributed by atoms with van der Waals surface area (Å²) < 4.78 is 5.28. The van der Waals surface area contributed by atoms with Crippen LogP contribution in [-0.4, -0.2) is 28.1 Å². The minimum atomic E-state index is 0.691. The second-order valence-corrected chi connectivity index (χ2v) is 4.82. The standard InChI is InChI=1S/C12H17N3OS/c1-4-15(5-2)8-10-13-12(14-16-10)11-9(3)6-7-17-11/h6-7H,4-5,8H2,1-3H3. The lowest BCUT2D eigenvalue weighted by Gasteiger charge is -2.14. The van der Waals surface area contributed by atoms with Crippen molar-refractivity contribution in [1.29, 1.82) is 0 Å². The summed E-state index contributed by atoms with van der Waals surface area (Å²) in [4.78, 5) is 7.79. The van der Waals surface area contributed by atoms with E-state index in [4.69, 9.17) is 4.52 Å². The molecule has 0 atom stereocenters. The van der Waals surface area contributed by atoms with Gasteiger partial charge in [-0.1, -0.05) is 19.0 Å². The van der Waals surface area contributed by atoms with Gasteiger partial charge in [0.2, 0.25) is 11.7 Å². The number of nitrogens with zero attached hydrogens (tertiary/aromatic N) is 3. The van der Waals surface area contributed by atoms with Gasteiger partial charge in [0.1, 0.15) is 0 Å². The smallest absolute Gasteiger partial charge is 0.241 e. The van der Waals surface area contributed by atoms with Crippen molar-refractivity contribution in [3.63, 3.8) is 0 Å². The molecule has 0 aliphatic heterocycles. The van der Waals surface area contributed by atoms with E-state index in [0.717, 1.165) is 24.5 Å². The Balaban J connectivity index is 2.14. The molecule has 0 aromatic carbocycles. The lowest BCUT2D eigenvalue weighted by atomic mass is 10.3. The zero-order valence-electron chi connectivity index (χ0n) is 10.4. The molecule has 4 nitrogen and oxygen atoms in total. The Kier molecular flexibility index (Phi) is 3.91. The van der Waals surface area contributed by atoms with Gasteiger partial charge in [-0.25, -0.2) is 0 Å². The summed E-state index contributed by atoms with van der Waals surface area (Å²) in [6.45, 7) is 9.03. The third kappa shape index (κ3) is 2.73. The Morgan fingerprint density at radius 2 is 2.12 bits per heavy atom. The molecule has 0 radical (unpaired) electrons. The second-order valence-electron chi connectivity index (χ2n) is 3.91. The molecule has 2 aromatic rings. The summed E-state index contributed by atoms with van der Waals surface area (Å²) in [7, 11) is 0. The van der Waals surface area contributed by atoms with E-state index in [9.17, 15) is 0 Å². The average molecular weight is 251 g/mol. The zero-order chi connectivity index (χ0) is 12.3. The van der Waals surface area contributed by atoms with E-state index in [2.05, 4.69) is 41.9 Å². The number of hydrogen-bond donors (Lipinski definition) is 0. The minimum absolute atomic E-state index is 0.691. The fraction of sp³-hybridized carbons (Fsp3) is 0.500. The number of hydrogen-bond acceptors (Lipinski definition) is 5. The van der Waals surface area contributed by atoms with Gasteiger partial charge in [-0.05, 0) is 37.0 Å². The summed E-state index contributed by atoms with van der Waals surface area (Å²) in [5, 5.41) is 6.09. The van der Waals surface area contributed by atoms with Crippen LogP contribution in [0.5, 0.6) is 0 Å². The average Bonchev–Trinajstić information content (AvgIpc) is 2.94. The van der Waals surface area contributed by atoms with Crippen LogP contribution in [0.2, 0.25) is 0 Å². The van der Waals surface area contributed by atoms with Crippen molar-refractivity contribution in [1.82, 2.24) is 15.0 Å². The Bertz CT molecular complexity index is 474. The molecule has 0 spiro atoms. The van der Waals surface area contributed by atoms with Crippen molar-refractivity contribution >= 4 is 11.3 Å². The van der Waals surface area contributed by atoms with E-state index in [1.54, 1.807) is 11.3 Å². The first-order valence-corrected chi connectivity index (χ1v) is 6.72. The van der Waals surface area contributed by atoms with Crippen molar-refractivity contribution < 1.29 is 4.52 Å². The van der Waals surface area contributed by atoms with Gasteiger partial charge in [0.05, 0.1) is 11.4 Å². The predicted octanol–water partition coefficient (Wildman–Crippen LogP) is 2.95. The monoisotopic (exact) mass is 251 g/mol. The van der Waals surface area contributed by atoms with Gasteiger partial charge >= 0.3 is 0 Å². The minimum Gasteiger partial charge on any atom is -0.338 e. The van der Waals surface area contributed by atoms with Crippen molar-refractivity contribution in [3.05, 3.63) is 22.9 Å². The molecule has 92 valence electrons. The topological polar surface area (TPSA) is 42.2 Å². The fourth-order valence-electron chi connectivity index (χ4n) is 1.65. The van der Waals surface area contributed by atoms with Crippen LogP contribution in [0.4, 0.5) is 0 Å².